The molecular formula is C33H29ClFN5O4. The van der Waals surface area contributed by atoms with Gasteiger partial charge in [0.25, 0.3) is 5.91 Å². The molecule has 1 saturated carbocycles. The maximum Gasteiger partial charge on any atom is 0.257 e. The number of carbonyl (C=O) groups is 2. The van der Waals surface area contributed by atoms with Crippen LogP contribution in [0.15, 0.2) is 67.0 Å². The van der Waals surface area contributed by atoms with Gasteiger partial charge in [0, 0.05) is 42.9 Å². The van der Waals surface area contributed by atoms with Gasteiger partial charge in [0.15, 0.2) is 0 Å². The van der Waals surface area contributed by atoms with E-state index in [-0.39, 0.29) is 41.9 Å². The highest BCUT2D eigenvalue weighted by molar-refractivity contribution is 6.30. The SMILES string of the molecule is CCC(O)(c1cc(F)c2c(c1)C(=O)N(Cc1ccc(C#N)cn1)C2(O[C@H]1CCC(=O)C1)c1ccc(Cl)cc1)c1ccn(C)n1. The number of benzene rings is 2. The lowest BCUT2D eigenvalue weighted by Gasteiger charge is -2.41. The second-order valence-electron chi connectivity index (χ2n) is 11.2. The number of halogens is 2. The van der Waals surface area contributed by atoms with E-state index in [1.807, 2.05) is 6.07 Å². The van der Waals surface area contributed by atoms with Crippen molar-refractivity contribution in [1.29, 1.82) is 5.26 Å². The van der Waals surface area contributed by atoms with E-state index in [9.17, 15) is 20.0 Å². The molecule has 2 aromatic carbocycles. The number of fused-ring (bicyclic) bond motifs is 1. The van der Waals surface area contributed by atoms with Gasteiger partial charge in [-0.1, -0.05) is 30.7 Å². The van der Waals surface area contributed by atoms with Crippen LogP contribution in [0.3, 0.4) is 0 Å². The highest BCUT2D eigenvalue weighted by Gasteiger charge is 2.56. The van der Waals surface area contributed by atoms with E-state index in [0.29, 0.717) is 40.4 Å². The number of pyridine rings is 1. The number of ether oxygens (including phenoxy) is 1. The monoisotopic (exact) mass is 613 g/mol. The van der Waals surface area contributed by atoms with Gasteiger partial charge in [-0.3, -0.25) is 24.2 Å². The van der Waals surface area contributed by atoms with Gasteiger partial charge in [-0.15, -0.1) is 0 Å². The third-order valence-electron chi connectivity index (χ3n) is 8.46. The van der Waals surface area contributed by atoms with Crippen LogP contribution in [-0.4, -0.2) is 42.6 Å². The Morgan fingerprint density at radius 1 is 1.20 bits per heavy atom. The van der Waals surface area contributed by atoms with Gasteiger partial charge in [0.1, 0.15) is 23.3 Å². The molecule has 1 N–H and O–H groups in total. The van der Waals surface area contributed by atoms with Crippen LogP contribution in [0.4, 0.5) is 4.39 Å². The van der Waals surface area contributed by atoms with Crippen molar-refractivity contribution in [2.75, 3.05) is 0 Å². The average Bonchev–Trinajstić information content (AvgIpc) is 3.71. The number of aryl methyl sites for hydroxylation is 1. The smallest absolute Gasteiger partial charge is 0.257 e. The Balaban J connectivity index is 1.58. The number of ketones is 1. The van der Waals surface area contributed by atoms with Crippen LogP contribution in [0.1, 0.15) is 76.6 Å². The first-order valence-corrected chi connectivity index (χ1v) is 14.7. The molecule has 0 bridgehead atoms. The molecule has 9 nitrogen and oxygen atoms in total. The summed E-state index contributed by atoms with van der Waals surface area (Å²) in [4.78, 5) is 32.6. The summed E-state index contributed by atoms with van der Waals surface area (Å²) >= 11 is 6.24. The Bertz CT molecular complexity index is 1800. The molecule has 2 aliphatic rings. The molecule has 1 aliphatic heterocycles. The topological polar surface area (TPSA) is 121 Å². The van der Waals surface area contributed by atoms with E-state index in [2.05, 4.69) is 10.1 Å². The van der Waals surface area contributed by atoms with Crippen molar-refractivity contribution in [3.63, 3.8) is 0 Å². The highest BCUT2D eigenvalue weighted by atomic mass is 35.5. The van der Waals surface area contributed by atoms with Crippen LogP contribution >= 0.6 is 11.6 Å². The molecule has 1 amide bonds. The van der Waals surface area contributed by atoms with E-state index >= 15 is 4.39 Å². The maximum absolute atomic E-state index is 16.8. The van der Waals surface area contributed by atoms with Crippen molar-refractivity contribution in [2.45, 2.75) is 56.6 Å². The van der Waals surface area contributed by atoms with E-state index < -0.39 is 29.2 Å². The first-order valence-electron chi connectivity index (χ1n) is 14.3. The Kier molecular flexibility index (Phi) is 7.58. The molecule has 3 heterocycles. The van der Waals surface area contributed by atoms with Crippen molar-refractivity contribution < 1.29 is 23.8 Å². The van der Waals surface area contributed by atoms with Crippen molar-refractivity contribution in [1.82, 2.24) is 19.7 Å². The number of amides is 1. The summed E-state index contributed by atoms with van der Waals surface area (Å²) in [5, 5.41) is 25.9. The molecule has 6 rings (SSSR count). The van der Waals surface area contributed by atoms with Crippen LogP contribution in [-0.2, 0) is 34.4 Å². The normalized spacial score (nSPS) is 20.9. The predicted molar refractivity (Wildman–Crippen MR) is 158 cm³/mol. The Morgan fingerprint density at radius 2 is 1.98 bits per heavy atom. The van der Waals surface area contributed by atoms with Crippen LogP contribution < -0.4 is 0 Å². The maximum atomic E-state index is 16.8. The number of nitrogens with zero attached hydrogens (tertiary/aromatic N) is 5. The van der Waals surface area contributed by atoms with E-state index in [0.717, 1.165) is 0 Å². The molecule has 1 fully saturated rings. The number of hydrogen-bond acceptors (Lipinski definition) is 7. The summed E-state index contributed by atoms with van der Waals surface area (Å²) in [6.07, 6.45) is 3.50. The molecule has 0 saturated heterocycles. The zero-order chi connectivity index (χ0) is 31.2. The Hall–Kier alpha value is -4.43. The van der Waals surface area contributed by atoms with E-state index in [4.69, 9.17) is 16.3 Å². The van der Waals surface area contributed by atoms with Gasteiger partial charge in [0.2, 0.25) is 5.72 Å². The molecule has 0 radical (unpaired) electrons. The molecule has 224 valence electrons. The standard InChI is InChI=1S/C33H29ClFN5O4/c1-3-32(43,29-12-13-39(2)38-29)22-14-27-30(28(35)15-22)33(21-5-7-23(34)8-6-21,44-26-11-10-25(41)16-26)40(31(27)42)19-24-9-4-20(17-36)18-37-24/h4-9,12-15,18,26,43H,3,10-11,16,19H2,1-2H3/t26-,32?,33?/m0/s1. The van der Waals surface area contributed by atoms with E-state index in [1.54, 1.807) is 67.3 Å². The molecule has 2 aromatic heterocycles. The number of aromatic nitrogens is 3. The fourth-order valence-corrected chi connectivity index (χ4v) is 6.29. The third kappa shape index (κ3) is 4.87. The number of aliphatic hydroxyl groups is 1. The lowest BCUT2D eigenvalue weighted by Crippen LogP contribution is -2.48. The first-order chi connectivity index (χ1) is 21.1. The van der Waals surface area contributed by atoms with Crippen LogP contribution in [0, 0.1) is 17.1 Å². The number of carbonyl (C=O) groups excluding carboxylic acids is 2. The molecule has 0 spiro atoms. The zero-order valence-electron chi connectivity index (χ0n) is 24.1. The van der Waals surface area contributed by atoms with Gasteiger partial charge >= 0.3 is 0 Å². The zero-order valence-corrected chi connectivity index (χ0v) is 24.9. The number of hydrogen-bond donors (Lipinski definition) is 1. The summed E-state index contributed by atoms with van der Waals surface area (Å²) in [5.74, 6) is -1.29. The lowest BCUT2D eigenvalue weighted by molar-refractivity contribution is -0.149. The second kappa shape index (κ2) is 11.2. The second-order valence-corrected chi connectivity index (χ2v) is 11.6. The lowest BCUT2D eigenvalue weighted by atomic mass is 9.84. The summed E-state index contributed by atoms with van der Waals surface area (Å²) in [6, 6.07) is 16.2. The minimum absolute atomic E-state index is 0.00993. The van der Waals surface area contributed by atoms with Crippen molar-refractivity contribution >= 4 is 23.3 Å². The fraction of sp³-hybridized carbons (Fsp3) is 0.303. The molecule has 11 heteroatoms. The largest absolute Gasteiger partial charge is 0.379 e. The molecule has 4 aromatic rings. The average molecular weight is 614 g/mol. The molecular weight excluding hydrogens is 585 g/mol. The van der Waals surface area contributed by atoms with Gasteiger partial charge in [-0.05, 0) is 60.9 Å². The van der Waals surface area contributed by atoms with Crippen LogP contribution in [0.25, 0.3) is 0 Å². The minimum atomic E-state index is -1.79. The van der Waals surface area contributed by atoms with Crippen LogP contribution in [0.2, 0.25) is 5.02 Å². The van der Waals surface area contributed by atoms with E-state index in [1.165, 1.54) is 23.2 Å². The Morgan fingerprint density at radius 3 is 2.57 bits per heavy atom. The summed E-state index contributed by atoms with van der Waals surface area (Å²) in [5.41, 5.74) is -1.78. The van der Waals surface area contributed by atoms with Crippen molar-refractivity contribution in [2.24, 2.45) is 7.05 Å². The fourth-order valence-electron chi connectivity index (χ4n) is 6.17. The van der Waals surface area contributed by atoms with Gasteiger partial charge in [-0.2, -0.15) is 10.4 Å². The molecule has 3 atom stereocenters. The number of rotatable bonds is 8. The molecule has 1 aliphatic carbocycles. The quantitative estimate of drug-likeness (QED) is 0.293. The summed E-state index contributed by atoms with van der Waals surface area (Å²) < 4.78 is 25.1. The Labute approximate surface area is 258 Å². The third-order valence-corrected chi connectivity index (χ3v) is 8.71. The van der Waals surface area contributed by atoms with Gasteiger partial charge in [-0.25, -0.2) is 4.39 Å². The van der Waals surface area contributed by atoms with Gasteiger partial charge < -0.3 is 9.84 Å². The van der Waals surface area contributed by atoms with Crippen molar-refractivity contribution in [3.8, 4) is 6.07 Å². The number of nitriles is 1. The predicted octanol–water partition coefficient (Wildman–Crippen LogP) is 5.12. The molecule has 2 unspecified atom stereocenters. The van der Waals surface area contributed by atoms with Crippen molar-refractivity contribution in [3.05, 3.63) is 117 Å². The first kappa shape index (κ1) is 29.6. The summed E-state index contributed by atoms with van der Waals surface area (Å²) in [7, 11) is 1.72. The number of Topliss-reactive ketones (excluding diaryl/α,β-unsaturated/α-hetero) is 1. The highest BCUT2D eigenvalue weighted by Crippen LogP contribution is 2.50. The summed E-state index contributed by atoms with van der Waals surface area (Å²) in [6.45, 7) is 1.65. The molecule has 44 heavy (non-hydrogen) atoms. The van der Waals surface area contributed by atoms with Gasteiger partial charge in [0.05, 0.1) is 40.7 Å². The van der Waals surface area contributed by atoms with Crippen LogP contribution in [0.5, 0.6) is 0 Å². The minimum Gasteiger partial charge on any atom is -0.379 e.